The van der Waals surface area contributed by atoms with Gasteiger partial charge in [-0.15, -0.1) is 0 Å². The maximum atomic E-state index is 5.90. The van der Waals surface area contributed by atoms with Crippen LogP contribution in [0.2, 0.25) is 25.7 Å². The molecule has 3 rings (SSSR count). The Bertz CT molecular complexity index is 792. The fourth-order valence-electron chi connectivity index (χ4n) is 2.46. The van der Waals surface area contributed by atoms with Crippen LogP contribution >= 0.6 is 0 Å². The summed E-state index contributed by atoms with van der Waals surface area (Å²) in [6.07, 6.45) is 7.40. The standard InChI is InChI=1S/C16H21BN4OSi/c1-23(2,3)5-4-22-11-21-10-15(12-7-19-20-8-12)14-6-13(17)9-18-16(14)21/h6-10H,4-5,11H2,1-3H3,(H,19,20). The Morgan fingerprint density at radius 2 is 2.13 bits per heavy atom. The molecular weight excluding hydrogens is 303 g/mol. The summed E-state index contributed by atoms with van der Waals surface area (Å²) >= 11 is 0. The van der Waals surface area contributed by atoms with E-state index < -0.39 is 8.07 Å². The number of H-pyrrole nitrogens is 1. The zero-order valence-electron chi connectivity index (χ0n) is 13.8. The second-order valence-corrected chi connectivity index (χ2v) is 12.6. The lowest BCUT2D eigenvalue weighted by Gasteiger charge is -2.15. The highest BCUT2D eigenvalue weighted by molar-refractivity contribution is 6.76. The van der Waals surface area contributed by atoms with Crippen LogP contribution in [0.25, 0.3) is 22.2 Å². The summed E-state index contributed by atoms with van der Waals surface area (Å²) < 4.78 is 7.90. The zero-order valence-corrected chi connectivity index (χ0v) is 14.8. The Kier molecular flexibility index (Phi) is 4.41. The number of rotatable bonds is 6. The fraction of sp³-hybridized carbons (Fsp3) is 0.375. The van der Waals surface area contributed by atoms with E-state index in [0.29, 0.717) is 12.2 Å². The first kappa shape index (κ1) is 16.0. The molecule has 3 heterocycles. The lowest BCUT2D eigenvalue weighted by molar-refractivity contribution is 0.0899. The molecule has 23 heavy (non-hydrogen) atoms. The minimum Gasteiger partial charge on any atom is -0.361 e. The van der Waals surface area contributed by atoms with E-state index in [1.807, 2.05) is 16.8 Å². The predicted octanol–water partition coefficient (Wildman–Crippen LogP) is 2.53. The van der Waals surface area contributed by atoms with Crippen molar-refractivity contribution in [2.75, 3.05) is 6.61 Å². The Hall–Kier alpha value is -1.86. The van der Waals surface area contributed by atoms with Crippen molar-refractivity contribution in [1.29, 1.82) is 0 Å². The number of fused-ring (bicyclic) bond motifs is 1. The highest BCUT2D eigenvalue weighted by atomic mass is 28.3. The molecule has 0 amide bonds. The third-order valence-corrected chi connectivity index (χ3v) is 5.48. The predicted molar refractivity (Wildman–Crippen MR) is 96.8 cm³/mol. The van der Waals surface area contributed by atoms with Gasteiger partial charge in [0, 0.05) is 49.8 Å². The quantitative estimate of drug-likeness (QED) is 0.560. The van der Waals surface area contributed by atoms with Gasteiger partial charge in [-0.3, -0.25) is 5.10 Å². The van der Waals surface area contributed by atoms with Crippen LogP contribution in [0.3, 0.4) is 0 Å². The number of hydrogen-bond acceptors (Lipinski definition) is 3. The summed E-state index contributed by atoms with van der Waals surface area (Å²) in [5.41, 5.74) is 3.61. The number of ether oxygens (including phenoxy) is 1. The molecule has 0 atom stereocenters. The SMILES string of the molecule is [B]c1cnc2c(c1)c(-c1cn[nH]c1)cn2COCC[Si](C)(C)C. The Balaban J connectivity index is 1.86. The monoisotopic (exact) mass is 324 g/mol. The van der Waals surface area contributed by atoms with Crippen LogP contribution in [-0.4, -0.2) is 42.3 Å². The lowest BCUT2D eigenvalue weighted by atomic mass is 9.96. The minimum atomic E-state index is -1.07. The van der Waals surface area contributed by atoms with Crippen molar-refractivity contribution in [2.24, 2.45) is 0 Å². The number of aromatic amines is 1. The van der Waals surface area contributed by atoms with E-state index in [9.17, 15) is 0 Å². The van der Waals surface area contributed by atoms with Gasteiger partial charge in [-0.05, 0) is 6.04 Å². The number of pyridine rings is 1. The summed E-state index contributed by atoms with van der Waals surface area (Å²) in [6.45, 7) is 8.33. The van der Waals surface area contributed by atoms with Crippen LogP contribution < -0.4 is 5.46 Å². The van der Waals surface area contributed by atoms with Gasteiger partial charge in [-0.2, -0.15) is 5.10 Å². The molecule has 0 aliphatic rings. The van der Waals surface area contributed by atoms with E-state index in [4.69, 9.17) is 12.6 Å². The third kappa shape index (κ3) is 3.73. The van der Waals surface area contributed by atoms with Gasteiger partial charge in [0.05, 0.1) is 6.20 Å². The first-order chi connectivity index (χ1) is 10.9. The Labute approximate surface area is 138 Å². The minimum absolute atomic E-state index is 0.496. The topological polar surface area (TPSA) is 55.7 Å². The molecule has 0 fully saturated rings. The van der Waals surface area contributed by atoms with Gasteiger partial charge < -0.3 is 9.30 Å². The average Bonchev–Trinajstić information content (AvgIpc) is 3.09. The van der Waals surface area contributed by atoms with Gasteiger partial charge >= 0.3 is 0 Å². The van der Waals surface area contributed by atoms with Crippen molar-refractivity contribution in [3.8, 4) is 11.1 Å². The lowest BCUT2D eigenvalue weighted by Crippen LogP contribution is -2.22. The first-order valence-electron chi connectivity index (χ1n) is 7.75. The van der Waals surface area contributed by atoms with Crippen molar-refractivity contribution in [3.63, 3.8) is 0 Å². The van der Waals surface area contributed by atoms with E-state index in [0.717, 1.165) is 34.8 Å². The molecule has 2 radical (unpaired) electrons. The number of aromatic nitrogens is 4. The van der Waals surface area contributed by atoms with Crippen molar-refractivity contribution >= 4 is 32.4 Å². The van der Waals surface area contributed by atoms with Crippen LogP contribution in [0, 0.1) is 0 Å². The molecular formula is C16H21BN4OSi. The molecule has 3 aromatic heterocycles. The van der Waals surface area contributed by atoms with Crippen molar-refractivity contribution < 1.29 is 4.74 Å². The second kappa shape index (κ2) is 6.33. The van der Waals surface area contributed by atoms with E-state index in [1.54, 1.807) is 12.4 Å². The van der Waals surface area contributed by atoms with Crippen LogP contribution in [-0.2, 0) is 11.5 Å². The van der Waals surface area contributed by atoms with Gasteiger partial charge in [0.15, 0.2) is 0 Å². The zero-order chi connectivity index (χ0) is 16.4. The van der Waals surface area contributed by atoms with Crippen molar-refractivity contribution in [1.82, 2.24) is 19.7 Å². The molecule has 0 aliphatic carbocycles. The smallest absolute Gasteiger partial charge is 0.142 e. The highest BCUT2D eigenvalue weighted by Gasteiger charge is 2.14. The highest BCUT2D eigenvalue weighted by Crippen LogP contribution is 2.28. The van der Waals surface area contributed by atoms with Crippen LogP contribution in [0.15, 0.2) is 30.9 Å². The summed E-state index contributed by atoms with van der Waals surface area (Å²) in [5.74, 6) is 0. The molecule has 0 bridgehead atoms. The maximum Gasteiger partial charge on any atom is 0.142 e. The van der Waals surface area contributed by atoms with Crippen LogP contribution in [0.5, 0.6) is 0 Å². The van der Waals surface area contributed by atoms with Gasteiger partial charge in [0.1, 0.15) is 20.2 Å². The van der Waals surface area contributed by atoms with E-state index in [1.165, 1.54) is 0 Å². The number of hydrogen-bond donors (Lipinski definition) is 1. The molecule has 0 aromatic carbocycles. The molecule has 0 saturated carbocycles. The molecule has 0 unspecified atom stereocenters. The molecule has 0 spiro atoms. The van der Waals surface area contributed by atoms with Gasteiger partial charge in [0.2, 0.25) is 0 Å². The fourth-order valence-corrected chi connectivity index (χ4v) is 3.21. The molecule has 5 nitrogen and oxygen atoms in total. The van der Waals surface area contributed by atoms with E-state index >= 15 is 0 Å². The normalized spacial score (nSPS) is 12.1. The molecule has 1 N–H and O–H groups in total. The molecule has 3 aromatic rings. The van der Waals surface area contributed by atoms with E-state index in [-0.39, 0.29) is 0 Å². The van der Waals surface area contributed by atoms with Gasteiger partial charge in [-0.25, -0.2) is 4.98 Å². The van der Waals surface area contributed by atoms with Gasteiger partial charge in [0.25, 0.3) is 0 Å². The summed E-state index contributed by atoms with van der Waals surface area (Å²) in [5, 5.41) is 7.89. The number of nitrogens with one attached hydrogen (secondary N) is 1. The van der Waals surface area contributed by atoms with Gasteiger partial charge in [-0.1, -0.05) is 31.2 Å². The Morgan fingerprint density at radius 1 is 1.30 bits per heavy atom. The maximum absolute atomic E-state index is 5.90. The summed E-state index contributed by atoms with van der Waals surface area (Å²) in [7, 11) is 4.83. The first-order valence-corrected chi connectivity index (χ1v) is 11.5. The van der Waals surface area contributed by atoms with Crippen molar-refractivity contribution in [2.45, 2.75) is 32.4 Å². The largest absolute Gasteiger partial charge is 0.361 e. The molecule has 0 aliphatic heterocycles. The Morgan fingerprint density at radius 3 is 2.83 bits per heavy atom. The van der Waals surface area contributed by atoms with Crippen molar-refractivity contribution in [3.05, 3.63) is 30.9 Å². The summed E-state index contributed by atoms with van der Waals surface area (Å²) in [6, 6.07) is 3.10. The molecule has 7 heteroatoms. The number of nitrogens with zero attached hydrogens (tertiary/aromatic N) is 3. The van der Waals surface area contributed by atoms with E-state index in [2.05, 4.69) is 41.0 Å². The average molecular weight is 324 g/mol. The molecule has 0 saturated heterocycles. The molecule has 118 valence electrons. The van der Waals surface area contributed by atoms with Crippen LogP contribution in [0.4, 0.5) is 0 Å². The third-order valence-electron chi connectivity index (χ3n) is 3.77. The summed E-state index contributed by atoms with van der Waals surface area (Å²) in [4.78, 5) is 4.47. The second-order valence-electron chi connectivity index (χ2n) is 6.99. The van der Waals surface area contributed by atoms with Crippen LogP contribution in [0.1, 0.15) is 0 Å².